The van der Waals surface area contributed by atoms with Crippen LogP contribution in [0.15, 0.2) is 24.3 Å². The quantitative estimate of drug-likeness (QED) is 0.670. The molecule has 1 unspecified atom stereocenters. The molecule has 0 bridgehead atoms. The van der Waals surface area contributed by atoms with Gasteiger partial charge in [0, 0.05) is 39.3 Å². The minimum Gasteiger partial charge on any atom is -0.340 e. The molecule has 3 aliphatic heterocycles. The van der Waals surface area contributed by atoms with Gasteiger partial charge in [-0.1, -0.05) is 25.0 Å². The molecule has 174 valence electrons. The van der Waals surface area contributed by atoms with Gasteiger partial charge in [-0.15, -0.1) is 0 Å². The standard InChI is InChI=1S/C21H29N5O5S/c27-19(15-18-21(29)22-17-8-4-3-7-16(17)20(28)23-18)24-11-13-26(14-12-24)32(30,31)25-9-5-1-2-6-10-25/h3-4,7-8,18H,1-2,5-6,9-15H2,(H,22,29)(H,23,28). The maximum Gasteiger partial charge on any atom is 0.282 e. The van der Waals surface area contributed by atoms with Crippen molar-refractivity contribution in [3.63, 3.8) is 0 Å². The monoisotopic (exact) mass is 463 g/mol. The molecule has 0 radical (unpaired) electrons. The average molecular weight is 464 g/mol. The van der Waals surface area contributed by atoms with E-state index in [4.69, 9.17) is 0 Å². The molecule has 2 saturated heterocycles. The first-order chi connectivity index (χ1) is 15.4. The number of hydrogen-bond acceptors (Lipinski definition) is 5. The van der Waals surface area contributed by atoms with E-state index < -0.39 is 28.1 Å². The molecule has 1 atom stereocenters. The fourth-order valence-electron chi connectivity index (χ4n) is 4.36. The summed E-state index contributed by atoms with van der Waals surface area (Å²) in [4.78, 5) is 39.4. The average Bonchev–Trinajstić information content (AvgIpc) is 3.14. The van der Waals surface area contributed by atoms with E-state index in [0.29, 0.717) is 24.3 Å². The van der Waals surface area contributed by atoms with Crippen molar-refractivity contribution in [1.82, 2.24) is 18.8 Å². The third-order valence-corrected chi connectivity index (χ3v) is 8.27. The van der Waals surface area contributed by atoms with Gasteiger partial charge in [-0.2, -0.15) is 17.0 Å². The first-order valence-electron chi connectivity index (χ1n) is 11.1. The summed E-state index contributed by atoms with van der Waals surface area (Å²) < 4.78 is 28.9. The predicted octanol–water partition coefficient (Wildman–Crippen LogP) is 0.392. The number of anilines is 1. The number of nitrogens with zero attached hydrogens (tertiary/aromatic N) is 3. The number of nitrogens with one attached hydrogen (secondary N) is 2. The Bertz CT molecular complexity index is 982. The summed E-state index contributed by atoms with van der Waals surface area (Å²) in [7, 11) is -3.53. The number of fused-ring (bicyclic) bond motifs is 1. The Hall–Kier alpha value is -2.50. The van der Waals surface area contributed by atoms with E-state index in [0.717, 1.165) is 25.7 Å². The predicted molar refractivity (Wildman–Crippen MR) is 118 cm³/mol. The van der Waals surface area contributed by atoms with Crippen molar-refractivity contribution in [3.8, 4) is 0 Å². The van der Waals surface area contributed by atoms with E-state index in [1.165, 1.54) is 4.31 Å². The molecule has 0 aromatic heterocycles. The lowest BCUT2D eigenvalue weighted by Gasteiger charge is -2.36. The molecule has 1 aromatic carbocycles. The molecule has 0 spiro atoms. The second kappa shape index (κ2) is 9.55. The Morgan fingerprint density at radius 3 is 2.22 bits per heavy atom. The number of piperazine rings is 1. The molecular weight excluding hydrogens is 434 g/mol. The van der Waals surface area contributed by atoms with E-state index in [1.807, 2.05) is 0 Å². The molecule has 0 saturated carbocycles. The molecule has 4 rings (SSSR count). The van der Waals surface area contributed by atoms with Crippen molar-refractivity contribution in [1.29, 1.82) is 0 Å². The largest absolute Gasteiger partial charge is 0.340 e. The van der Waals surface area contributed by atoms with Crippen molar-refractivity contribution < 1.29 is 22.8 Å². The van der Waals surface area contributed by atoms with Gasteiger partial charge in [0.1, 0.15) is 6.04 Å². The van der Waals surface area contributed by atoms with Gasteiger partial charge >= 0.3 is 0 Å². The lowest BCUT2D eigenvalue weighted by molar-refractivity contribution is -0.134. The SMILES string of the molecule is O=C1NC(CC(=O)N2CCN(S(=O)(=O)N3CCCCCC3)CC2)C(=O)Nc2ccccc21. The Balaban J connectivity index is 1.34. The molecule has 0 aliphatic carbocycles. The van der Waals surface area contributed by atoms with Crippen LogP contribution in [0, 0.1) is 0 Å². The molecule has 1 aromatic rings. The maximum atomic E-state index is 13.0. The topological polar surface area (TPSA) is 119 Å². The highest BCUT2D eigenvalue weighted by Gasteiger charge is 2.35. The van der Waals surface area contributed by atoms with Crippen LogP contribution in [0.3, 0.4) is 0 Å². The molecule has 10 nitrogen and oxygen atoms in total. The van der Waals surface area contributed by atoms with E-state index in [2.05, 4.69) is 10.6 Å². The molecule has 2 fully saturated rings. The van der Waals surface area contributed by atoms with Crippen molar-refractivity contribution in [2.24, 2.45) is 0 Å². The number of amides is 3. The second-order valence-corrected chi connectivity index (χ2v) is 10.3. The Kier molecular flexibility index (Phi) is 6.77. The third-order valence-electron chi connectivity index (χ3n) is 6.24. The summed E-state index contributed by atoms with van der Waals surface area (Å²) >= 11 is 0. The molecule has 3 aliphatic rings. The van der Waals surface area contributed by atoms with Crippen LogP contribution in [0.1, 0.15) is 42.5 Å². The van der Waals surface area contributed by atoms with Crippen LogP contribution >= 0.6 is 0 Å². The summed E-state index contributed by atoms with van der Waals surface area (Å²) in [5.41, 5.74) is 0.764. The van der Waals surface area contributed by atoms with E-state index in [1.54, 1.807) is 33.5 Å². The van der Waals surface area contributed by atoms with Crippen molar-refractivity contribution >= 4 is 33.6 Å². The maximum absolute atomic E-state index is 13.0. The Morgan fingerprint density at radius 2 is 1.53 bits per heavy atom. The number of carbonyl (C=O) groups excluding carboxylic acids is 3. The highest BCUT2D eigenvalue weighted by molar-refractivity contribution is 7.86. The van der Waals surface area contributed by atoms with Crippen LogP contribution in [-0.4, -0.2) is 85.0 Å². The van der Waals surface area contributed by atoms with Crippen LogP contribution < -0.4 is 10.6 Å². The van der Waals surface area contributed by atoms with Crippen molar-refractivity contribution in [3.05, 3.63) is 29.8 Å². The molecule has 2 N–H and O–H groups in total. The number of rotatable bonds is 4. The normalized spacial score (nSPS) is 23.5. The first kappa shape index (κ1) is 22.7. The highest BCUT2D eigenvalue weighted by Crippen LogP contribution is 2.21. The van der Waals surface area contributed by atoms with Gasteiger partial charge in [-0.25, -0.2) is 0 Å². The molecule has 32 heavy (non-hydrogen) atoms. The van der Waals surface area contributed by atoms with Crippen molar-refractivity contribution in [2.75, 3.05) is 44.6 Å². The minimum atomic E-state index is -3.53. The van der Waals surface area contributed by atoms with Gasteiger partial charge in [0.05, 0.1) is 17.7 Å². The van der Waals surface area contributed by atoms with Gasteiger partial charge < -0.3 is 15.5 Å². The number of hydrogen-bond donors (Lipinski definition) is 2. The highest BCUT2D eigenvalue weighted by atomic mass is 32.2. The summed E-state index contributed by atoms with van der Waals surface area (Å²) in [6.07, 6.45) is 3.66. The van der Waals surface area contributed by atoms with E-state index >= 15 is 0 Å². The van der Waals surface area contributed by atoms with Crippen LogP contribution in [0.2, 0.25) is 0 Å². The van der Waals surface area contributed by atoms with Crippen LogP contribution in [0.4, 0.5) is 5.69 Å². The zero-order valence-electron chi connectivity index (χ0n) is 18.0. The van der Waals surface area contributed by atoms with Gasteiger partial charge in [0.2, 0.25) is 11.8 Å². The summed E-state index contributed by atoms with van der Waals surface area (Å²) in [5, 5.41) is 5.32. The lowest BCUT2D eigenvalue weighted by Crippen LogP contribution is -2.55. The number of para-hydroxylation sites is 1. The van der Waals surface area contributed by atoms with Gasteiger partial charge in [0.25, 0.3) is 16.1 Å². The molecule has 3 amide bonds. The smallest absolute Gasteiger partial charge is 0.282 e. The zero-order valence-corrected chi connectivity index (χ0v) is 18.8. The molecule has 11 heteroatoms. The van der Waals surface area contributed by atoms with Crippen molar-refractivity contribution in [2.45, 2.75) is 38.1 Å². The van der Waals surface area contributed by atoms with Crippen LogP contribution in [-0.2, 0) is 19.8 Å². The second-order valence-electron chi connectivity index (χ2n) is 8.37. The number of carbonyl (C=O) groups is 3. The van der Waals surface area contributed by atoms with E-state index in [-0.39, 0.29) is 38.5 Å². The van der Waals surface area contributed by atoms with Gasteiger partial charge in [-0.05, 0) is 25.0 Å². The van der Waals surface area contributed by atoms with Crippen LogP contribution in [0.25, 0.3) is 0 Å². The summed E-state index contributed by atoms with van der Waals surface area (Å²) in [6.45, 7) is 2.04. The molecular formula is C21H29N5O5S. The summed E-state index contributed by atoms with van der Waals surface area (Å²) in [6, 6.07) is 5.69. The first-order valence-corrected chi connectivity index (χ1v) is 12.5. The fraction of sp³-hybridized carbons (Fsp3) is 0.571. The van der Waals surface area contributed by atoms with Crippen LogP contribution in [0.5, 0.6) is 0 Å². The van der Waals surface area contributed by atoms with E-state index in [9.17, 15) is 22.8 Å². The Labute approximate surface area is 188 Å². The summed E-state index contributed by atoms with van der Waals surface area (Å²) in [5.74, 6) is -1.15. The third kappa shape index (κ3) is 4.79. The fourth-order valence-corrected chi connectivity index (χ4v) is 6.03. The minimum absolute atomic E-state index is 0.176. The molecule has 3 heterocycles. The Morgan fingerprint density at radius 1 is 0.906 bits per heavy atom. The zero-order chi connectivity index (χ0) is 22.7. The van der Waals surface area contributed by atoms with Gasteiger partial charge in [0.15, 0.2) is 0 Å². The lowest BCUT2D eigenvalue weighted by atomic mass is 10.1. The van der Waals surface area contributed by atoms with Gasteiger partial charge in [-0.3, -0.25) is 14.4 Å². The number of benzene rings is 1.